The van der Waals surface area contributed by atoms with Crippen LogP contribution in [-0.2, 0) is 9.47 Å². The third kappa shape index (κ3) is 7.86. The summed E-state index contributed by atoms with van der Waals surface area (Å²) in [5, 5.41) is 7.87. The molecule has 2 unspecified atom stereocenters. The normalized spacial score (nSPS) is 16.2. The number of pyridine rings is 1. The van der Waals surface area contributed by atoms with E-state index >= 15 is 0 Å². The van der Waals surface area contributed by atoms with Crippen LogP contribution in [0.4, 0.5) is 10.7 Å². The number of imidazole rings is 1. The molecule has 10 heteroatoms. The molecule has 0 radical (unpaired) electrons. The van der Waals surface area contributed by atoms with Gasteiger partial charge in [0.1, 0.15) is 17.0 Å². The fourth-order valence-electron chi connectivity index (χ4n) is 5.87. The van der Waals surface area contributed by atoms with Gasteiger partial charge in [0.05, 0.1) is 23.7 Å². The molecule has 0 spiro atoms. The number of hydrogen-bond acceptors (Lipinski definition) is 8. The molecule has 4 aromatic rings. The molecule has 1 saturated heterocycles. The highest BCUT2D eigenvalue weighted by molar-refractivity contribution is 5.81. The minimum absolute atomic E-state index is 0.00458. The molecule has 0 bridgehead atoms. The number of anilines is 1. The van der Waals surface area contributed by atoms with E-state index < -0.39 is 11.8 Å². The van der Waals surface area contributed by atoms with Gasteiger partial charge in [-0.05, 0) is 70.7 Å². The van der Waals surface area contributed by atoms with Crippen LogP contribution in [0.3, 0.4) is 0 Å². The van der Waals surface area contributed by atoms with Crippen molar-refractivity contribution in [3.63, 3.8) is 0 Å². The molecule has 2 aromatic heterocycles. The summed E-state index contributed by atoms with van der Waals surface area (Å²) in [4.78, 5) is 25.0. The summed E-state index contributed by atoms with van der Waals surface area (Å²) in [7, 11) is 1.67. The van der Waals surface area contributed by atoms with Crippen LogP contribution >= 0.6 is 0 Å². The number of methoxy groups -OCH3 is 1. The molecule has 1 aliphatic rings. The van der Waals surface area contributed by atoms with E-state index in [4.69, 9.17) is 24.2 Å². The second-order valence-corrected chi connectivity index (χ2v) is 13.1. The van der Waals surface area contributed by atoms with Crippen molar-refractivity contribution in [2.24, 2.45) is 5.92 Å². The third-order valence-electron chi connectivity index (χ3n) is 8.21. The summed E-state index contributed by atoms with van der Waals surface area (Å²) >= 11 is 0. The quantitative estimate of drug-likeness (QED) is 0.194. The maximum Gasteiger partial charge on any atom is 0.407 e. The van der Waals surface area contributed by atoms with Crippen LogP contribution in [0, 0.1) is 5.92 Å². The maximum absolute atomic E-state index is 12.5. The van der Waals surface area contributed by atoms with Gasteiger partial charge in [-0.3, -0.25) is 4.57 Å². The van der Waals surface area contributed by atoms with Crippen LogP contribution in [0.15, 0.2) is 54.6 Å². The molecular weight excluding hydrogens is 568 g/mol. The number of likely N-dealkylation sites (tertiary alicyclic amines) is 1. The van der Waals surface area contributed by atoms with Gasteiger partial charge in [0.15, 0.2) is 6.23 Å². The van der Waals surface area contributed by atoms with Gasteiger partial charge >= 0.3 is 6.09 Å². The number of rotatable bonds is 11. The lowest BCUT2D eigenvalue weighted by molar-refractivity contribution is 0.0403. The topological polar surface area (TPSA) is 103 Å². The largest absolute Gasteiger partial charge is 0.495 e. The minimum Gasteiger partial charge on any atom is -0.495 e. The van der Waals surface area contributed by atoms with Crippen LogP contribution in [0.25, 0.3) is 21.9 Å². The lowest BCUT2D eigenvalue weighted by Crippen LogP contribution is -2.50. The second-order valence-electron chi connectivity index (χ2n) is 13.1. The van der Waals surface area contributed by atoms with E-state index in [1.54, 1.807) is 7.11 Å². The van der Waals surface area contributed by atoms with Crippen molar-refractivity contribution < 1.29 is 19.0 Å². The highest BCUT2D eigenvalue weighted by Gasteiger charge is 2.30. The monoisotopic (exact) mass is 616 g/mol. The molecule has 1 aliphatic heterocycles. The Hall–Kier alpha value is -3.89. The number of piperidine rings is 1. The third-order valence-corrected chi connectivity index (χ3v) is 8.21. The predicted octanol–water partition coefficient (Wildman–Crippen LogP) is 6.60. The average Bonchev–Trinajstić information content (AvgIpc) is 3.36. The molecule has 242 valence electrons. The summed E-state index contributed by atoms with van der Waals surface area (Å²) in [5.74, 6) is 1.70. The Balaban J connectivity index is 1.36. The smallest absolute Gasteiger partial charge is 0.407 e. The van der Waals surface area contributed by atoms with E-state index in [0.29, 0.717) is 18.1 Å². The highest BCUT2D eigenvalue weighted by Crippen LogP contribution is 2.35. The molecule has 2 atom stereocenters. The Morgan fingerprint density at radius 3 is 2.38 bits per heavy atom. The van der Waals surface area contributed by atoms with E-state index in [9.17, 15) is 4.79 Å². The Labute approximate surface area is 266 Å². The molecule has 2 aromatic carbocycles. The lowest BCUT2D eigenvalue weighted by Gasteiger charge is -2.36. The predicted molar refractivity (Wildman–Crippen MR) is 179 cm³/mol. The van der Waals surface area contributed by atoms with Crippen LogP contribution in [-0.4, -0.2) is 76.6 Å². The Bertz CT molecular complexity index is 1590. The van der Waals surface area contributed by atoms with Gasteiger partial charge in [0.2, 0.25) is 5.95 Å². The zero-order valence-electron chi connectivity index (χ0n) is 27.7. The maximum atomic E-state index is 12.5. The van der Waals surface area contributed by atoms with Gasteiger partial charge in [0.25, 0.3) is 0 Å². The summed E-state index contributed by atoms with van der Waals surface area (Å²) in [6, 6.07) is 18.4. The van der Waals surface area contributed by atoms with E-state index in [0.717, 1.165) is 60.4 Å². The number of carbonyl (C=O) groups is 1. The number of amides is 1. The zero-order chi connectivity index (χ0) is 32.1. The summed E-state index contributed by atoms with van der Waals surface area (Å²) in [6.07, 6.45) is 0.975. The van der Waals surface area contributed by atoms with Crippen LogP contribution in [0.2, 0.25) is 0 Å². The van der Waals surface area contributed by atoms with Gasteiger partial charge in [-0.25, -0.2) is 14.8 Å². The Morgan fingerprint density at radius 2 is 1.71 bits per heavy atom. The van der Waals surface area contributed by atoms with Crippen LogP contribution in [0.5, 0.6) is 5.75 Å². The number of aromatic nitrogens is 3. The SMILES string of the molecule is CCOC(c1nc2ccccc2cc1OC)n1c(NC2CCN(CC(NC(=O)OC(C)(C)C)C(C)C)CC2)nc2ccccc21. The van der Waals surface area contributed by atoms with Crippen LogP contribution in [0.1, 0.15) is 66.3 Å². The molecule has 10 nitrogen and oxygen atoms in total. The molecule has 45 heavy (non-hydrogen) atoms. The highest BCUT2D eigenvalue weighted by atomic mass is 16.6. The minimum atomic E-state index is -0.546. The number of nitrogens with one attached hydrogen (secondary N) is 2. The first-order chi connectivity index (χ1) is 21.6. The molecule has 5 rings (SSSR count). The number of fused-ring (bicyclic) bond motifs is 2. The van der Waals surface area contributed by atoms with E-state index in [-0.39, 0.29) is 24.1 Å². The molecule has 1 amide bonds. The Morgan fingerprint density at radius 1 is 1.02 bits per heavy atom. The number of benzene rings is 2. The van der Waals surface area contributed by atoms with E-state index in [1.807, 2.05) is 76.2 Å². The number of ether oxygens (including phenoxy) is 3. The van der Waals surface area contributed by atoms with E-state index in [2.05, 4.69) is 40.0 Å². The summed E-state index contributed by atoms with van der Waals surface area (Å²) < 4.78 is 19.9. The van der Waals surface area contributed by atoms with Crippen molar-refractivity contribution in [2.45, 2.75) is 78.3 Å². The fraction of sp³-hybridized carbons (Fsp3) is 0.514. The fourth-order valence-corrected chi connectivity index (χ4v) is 5.87. The van der Waals surface area contributed by atoms with Crippen molar-refractivity contribution in [1.82, 2.24) is 24.8 Å². The van der Waals surface area contributed by atoms with Gasteiger partial charge in [-0.1, -0.05) is 44.2 Å². The first-order valence-electron chi connectivity index (χ1n) is 16.1. The lowest BCUT2D eigenvalue weighted by atomic mass is 10.0. The molecule has 3 heterocycles. The number of para-hydroxylation sites is 3. The summed E-state index contributed by atoms with van der Waals surface area (Å²) in [5.41, 5.74) is 2.90. The zero-order valence-corrected chi connectivity index (χ0v) is 27.7. The van der Waals surface area contributed by atoms with Crippen molar-refractivity contribution in [3.8, 4) is 5.75 Å². The average molecular weight is 617 g/mol. The van der Waals surface area contributed by atoms with Gasteiger partial charge < -0.3 is 29.7 Å². The summed E-state index contributed by atoms with van der Waals surface area (Å²) in [6.45, 7) is 15.0. The molecule has 1 fully saturated rings. The van der Waals surface area contributed by atoms with Crippen molar-refractivity contribution in [1.29, 1.82) is 0 Å². The first kappa shape index (κ1) is 32.5. The van der Waals surface area contributed by atoms with Gasteiger partial charge in [0, 0.05) is 43.7 Å². The van der Waals surface area contributed by atoms with Gasteiger partial charge in [-0.15, -0.1) is 0 Å². The van der Waals surface area contributed by atoms with E-state index in [1.165, 1.54) is 0 Å². The number of carbonyl (C=O) groups excluding carboxylic acids is 1. The van der Waals surface area contributed by atoms with Gasteiger partial charge in [-0.2, -0.15) is 0 Å². The molecule has 0 saturated carbocycles. The molecule has 2 N–H and O–H groups in total. The van der Waals surface area contributed by atoms with Crippen molar-refractivity contribution in [3.05, 3.63) is 60.3 Å². The van der Waals surface area contributed by atoms with Crippen LogP contribution < -0.4 is 15.4 Å². The standard InChI is InChI=1S/C35H48N6O4/c1-8-44-32(31-30(43-7)21-24-13-9-10-14-26(24)37-31)41-29-16-12-11-15-27(29)38-33(41)36-25-17-19-40(20-18-25)22-28(23(2)3)39-34(42)45-35(4,5)6/h9-16,21,23,25,28,32H,8,17-20,22H2,1-7H3,(H,36,38)(H,39,42). The van der Waals surface area contributed by atoms with Crippen molar-refractivity contribution in [2.75, 3.05) is 38.7 Å². The first-order valence-corrected chi connectivity index (χ1v) is 16.1. The Kier molecular flexibility index (Phi) is 10.1. The molecular formula is C35H48N6O4. The van der Waals surface area contributed by atoms with Crippen molar-refractivity contribution >= 4 is 34.0 Å². The number of hydrogen-bond donors (Lipinski definition) is 2. The molecule has 0 aliphatic carbocycles. The number of nitrogens with zero attached hydrogens (tertiary/aromatic N) is 4. The number of alkyl carbamates (subject to hydrolysis) is 1. The second kappa shape index (κ2) is 14.0.